The van der Waals surface area contributed by atoms with Gasteiger partial charge in [0, 0.05) is 40.1 Å². The van der Waals surface area contributed by atoms with Crippen LogP contribution in [0.15, 0.2) is 60.8 Å². The lowest BCUT2D eigenvalue weighted by Gasteiger charge is -2.23. The number of benzene rings is 3. The van der Waals surface area contributed by atoms with Gasteiger partial charge in [0.2, 0.25) is 0 Å². The van der Waals surface area contributed by atoms with E-state index in [9.17, 15) is 22.7 Å². The van der Waals surface area contributed by atoms with Gasteiger partial charge in [0.05, 0.1) is 11.4 Å². The molecule has 0 amide bonds. The lowest BCUT2D eigenvalue weighted by atomic mass is 10.1. The first-order chi connectivity index (χ1) is 15.6. The van der Waals surface area contributed by atoms with Crippen LogP contribution in [0.4, 0.5) is 23.2 Å². The molecule has 3 aromatic carbocycles. The van der Waals surface area contributed by atoms with Crippen LogP contribution >= 0.6 is 0 Å². The number of halogens is 4. The molecule has 33 heavy (non-hydrogen) atoms. The third-order valence-electron chi connectivity index (χ3n) is 5.30. The van der Waals surface area contributed by atoms with Crippen molar-refractivity contribution in [3.05, 3.63) is 72.2 Å². The van der Waals surface area contributed by atoms with Crippen LogP contribution in [-0.4, -0.2) is 16.0 Å². The number of nitrogens with zero attached hydrogens (tertiary/aromatic N) is 2. The van der Waals surface area contributed by atoms with E-state index in [4.69, 9.17) is 11.6 Å². The molecule has 0 aliphatic carbocycles. The zero-order chi connectivity index (χ0) is 23.9. The van der Waals surface area contributed by atoms with Crippen molar-refractivity contribution in [3.8, 4) is 11.5 Å². The van der Waals surface area contributed by atoms with Gasteiger partial charge >= 0.3 is 6.36 Å². The molecule has 0 bridgehead atoms. The third-order valence-corrected chi connectivity index (χ3v) is 5.30. The van der Waals surface area contributed by atoms with E-state index in [2.05, 4.69) is 9.30 Å². The van der Waals surface area contributed by atoms with Crippen LogP contribution in [-0.2, 0) is 6.54 Å². The minimum Gasteiger partial charge on any atom is -0.508 e. The van der Waals surface area contributed by atoms with Crippen LogP contribution in [0.1, 0.15) is 12.5 Å². The number of aryl methyl sites for hydroxylation is 1. The maximum absolute atomic E-state index is 13.8. The number of hydrogen-bond donors (Lipinski definition) is 3. The molecule has 4 rings (SSSR count). The molecule has 1 heterocycles. The summed E-state index contributed by atoms with van der Waals surface area (Å²) in [5.41, 5.74) is 8.29. The Hall–Kier alpha value is -3.92. The Morgan fingerprint density at radius 3 is 2.36 bits per heavy atom. The lowest BCUT2D eigenvalue weighted by Crippen LogP contribution is -2.29. The zero-order valence-corrected chi connectivity index (χ0v) is 17.4. The summed E-state index contributed by atoms with van der Waals surface area (Å²) in [7, 11) is 0. The highest BCUT2D eigenvalue weighted by molar-refractivity contribution is 6.09. The number of phenols is 1. The maximum Gasteiger partial charge on any atom is 0.573 e. The number of fused-ring (bicyclic) bond motifs is 3. The van der Waals surface area contributed by atoms with Gasteiger partial charge in [0.1, 0.15) is 5.75 Å². The number of aromatic hydroxyl groups is 1. The topological polar surface area (TPSA) is 89.7 Å². The number of nitrogens with two attached hydrogens (primary N) is 2. The number of ether oxygens (including phenoxy) is 1. The molecule has 0 fully saturated rings. The molecule has 0 spiro atoms. The van der Waals surface area contributed by atoms with Gasteiger partial charge in [0.15, 0.2) is 11.6 Å². The third kappa shape index (κ3) is 4.12. The number of phenolic OH excluding ortho intramolecular Hbond substituents is 1. The van der Waals surface area contributed by atoms with Crippen LogP contribution in [0.25, 0.3) is 27.5 Å². The van der Waals surface area contributed by atoms with Gasteiger partial charge in [-0.1, -0.05) is 0 Å². The van der Waals surface area contributed by atoms with Crippen molar-refractivity contribution in [2.24, 2.45) is 11.6 Å². The van der Waals surface area contributed by atoms with E-state index in [1.165, 1.54) is 11.1 Å². The van der Waals surface area contributed by atoms with Gasteiger partial charge in [-0.15, -0.1) is 13.2 Å². The second-order valence-corrected chi connectivity index (χ2v) is 7.26. The standard InChI is InChI=1S/C23H20F4N4O2/c1-2-30-19-7-4-14(10-16(19)17-11-15(32)5-8-20(17)30)31(29)21(12-28)13-3-6-18(24)22(9-13)33-23(25,26)27/h3-12,32H,2,28-29H2,1H3/b21-12-. The summed E-state index contributed by atoms with van der Waals surface area (Å²) in [5, 5.41) is 12.8. The second-order valence-electron chi connectivity index (χ2n) is 7.26. The normalized spacial score (nSPS) is 12.5. The number of aromatic nitrogens is 1. The summed E-state index contributed by atoms with van der Waals surface area (Å²) in [6.07, 6.45) is -3.95. The van der Waals surface area contributed by atoms with Crippen molar-refractivity contribution in [3.63, 3.8) is 0 Å². The van der Waals surface area contributed by atoms with E-state index in [0.717, 1.165) is 40.1 Å². The molecule has 0 unspecified atom stereocenters. The fraction of sp³-hybridized carbons (Fsp3) is 0.130. The van der Waals surface area contributed by atoms with Crippen LogP contribution in [0, 0.1) is 5.82 Å². The van der Waals surface area contributed by atoms with E-state index in [0.29, 0.717) is 12.2 Å². The number of hydrogen-bond acceptors (Lipinski definition) is 5. The van der Waals surface area contributed by atoms with Crippen molar-refractivity contribution < 1.29 is 27.4 Å². The number of rotatable bonds is 5. The van der Waals surface area contributed by atoms with Crippen LogP contribution in [0.3, 0.4) is 0 Å². The average molecular weight is 460 g/mol. The van der Waals surface area contributed by atoms with Gasteiger partial charge in [-0.05, 0) is 61.5 Å². The second kappa shape index (κ2) is 8.21. The largest absolute Gasteiger partial charge is 0.573 e. The fourth-order valence-electron chi connectivity index (χ4n) is 3.89. The van der Waals surface area contributed by atoms with Gasteiger partial charge < -0.3 is 20.1 Å². The monoisotopic (exact) mass is 460 g/mol. The molecule has 0 radical (unpaired) electrons. The van der Waals surface area contributed by atoms with Gasteiger partial charge in [0.25, 0.3) is 0 Å². The Morgan fingerprint density at radius 2 is 1.73 bits per heavy atom. The number of hydrazine groups is 1. The number of alkyl halides is 3. The van der Waals surface area contributed by atoms with Crippen molar-refractivity contribution in [2.45, 2.75) is 19.8 Å². The summed E-state index contributed by atoms with van der Waals surface area (Å²) in [6, 6.07) is 13.4. The molecule has 10 heteroatoms. The zero-order valence-electron chi connectivity index (χ0n) is 17.4. The molecule has 5 N–H and O–H groups in total. The predicted molar refractivity (Wildman–Crippen MR) is 119 cm³/mol. The molecule has 172 valence electrons. The van der Waals surface area contributed by atoms with Crippen molar-refractivity contribution in [2.75, 3.05) is 5.01 Å². The summed E-state index contributed by atoms with van der Waals surface area (Å²) in [6.45, 7) is 2.70. The first-order valence-electron chi connectivity index (χ1n) is 9.90. The lowest BCUT2D eigenvalue weighted by molar-refractivity contribution is -0.275. The van der Waals surface area contributed by atoms with E-state index in [1.54, 1.807) is 24.3 Å². The predicted octanol–water partition coefficient (Wildman–Crippen LogP) is 5.20. The fourth-order valence-corrected chi connectivity index (χ4v) is 3.89. The highest BCUT2D eigenvalue weighted by Gasteiger charge is 2.32. The molecule has 0 aliphatic rings. The van der Waals surface area contributed by atoms with E-state index in [-0.39, 0.29) is 17.0 Å². The highest BCUT2D eigenvalue weighted by atomic mass is 19.4. The molecule has 1 aromatic heterocycles. The van der Waals surface area contributed by atoms with Crippen LogP contribution in [0.2, 0.25) is 0 Å². The smallest absolute Gasteiger partial charge is 0.508 e. The highest BCUT2D eigenvalue weighted by Crippen LogP contribution is 2.36. The van der Waals surface area contributed by atoms with E-state index < -0.39 is 17.9 Å². The minimum atomic E-state index is -5.06. The Bertz CT molecular complexity index is 1380. The molecule has 6 nitrogen and oxygen atoms in total. The molecule has 0 atom stereocenters. The van der Waals surface area contributed by atoms with Gasteiger partial charge in [-0.25, -0.2) is 10.2 Å². The average Bonchev–Trinajstić information content (AvgIpc) is 3.07. The Balaban J connectivity index is 1.79. The van der Waals surface area contributed by atoms with Crippen molar-refractivity contribution >= 4 is 33.2 Å². The molecular formula is C23H20F4N4O2. The SMILES string of the molecule is CCn1c2ccc(O)cc2c2cc(N(N)/C(=C\N)c3ccc(F)c(OC(F)(F)F)c3)ccc21. The van der Waals surface area contributed by atoms with E-state index >= 15 is 0 Å². The Labute approximate surface area is 185 Å². The summed E-state index contributed by atoms with van der Waals surface area (Å²) in [4.78, 5) is 0. The quantitative estimate of drug-likeness (QED) is 0.217. The molecule has 0 aliphatic heterocycles. The molecule has 0 saturated carbocycles. The van der Waals surface area contributed by atoms with Crippen LogP contribution in [0.5, 0.6) is 11.5 Å². The summed E-state index contributed by atoms with van der Waals surface area (Å²) < 4.78 is 57.5. The summed E-state index contributed by atoms with van der Waals surface area (Å²) in [5.74, 6) is 4.21. The Morgan fingerprint density at radius 1 is 1.06 bits per heavy atom. The van der Waals surface area contributed by atoms with Crippen LogP contribution < -0.4 is 21.3 Å². The minimum absolute atomic E-state index is 0.110. The van der Waals surface area contributed by atoms with Crippen molar-refractivity contribution in [1.82, 2.24) is 4.57 Å². The van der Waals surface area contributed by atoms with Gasteiger partial charge in [-0.3, -0.25) is 5.01 Å². The first-order valence-corrected chi connectivity index (χ1v) is 9.90. The molecular weight excluding hydrogens is 440 g/mol. The van der Waals surface area contributed by atoms with Crippen molar-refractivity contribution in [1.29, 1.82) is 0 Å². The summed E-state index contributed by atoms with van der Waals surface area (Å²) >= 11 is 0. The van der Waals surface area contributed by atoms with Gasteiger partial charge in [-0.2, -0.15) is 0 Å². The molecule has 0 saturated heterocycles. The maximum atomic E-state index is 13.8. The Kier molecular flexibility index (Phi) is 5.54. The number of anilines is 1. The molecule has 4 aromatic rings. The first kappa shape index (κ1) is 22.3. The van der Waals surface area contributed by atoms with E-state index in [1.807, 2.05) is 19.1 Å².